The normalized spacial score (nSPS) is 19.2. The van der Waals surface area contributed by atoms with Gasteiger partial charge in [0.1, 0.15) is 23.7 Å². The molecule has 2 aromatic rings. The van der Waals surface area contributed by atoms with Gasteiger partial charge in [-0.2, -0.15) is 0 Å². The van der Waals surface area contributed by atoms with Gasteiger partial charge in [0.15, 0.2) is 5.78 Å². The summed E-state index contributed by atoms with van der Waals surface area (Å²) in [5.74, 6) is -1.72. The first-order chi connectivity index (χ1) is 26.3. The van der Waals surface area contributed by atoms with E-state index in [0.29, 0.717) is 38.7 Å². The van der Waals surface area contributed by atoms with Crippen LogP contribution >= 0.6 is 0 Å². The molecule has 2 aliphatic heterocycles. The molecule has 0 aromatic heterocycles. The largest absolute Gasteiger partial charge is 0.379 e. The van der Waals surface area contributed by atoms with Crippen LogP contribution in [0, 0.1) is 11.8 Å². The first kappa shape index (κ1) is 43.6. The Labute approximate surface area is 327 Å². The Kier molecular flexibility index (Phi) is 17.3. The second-order valence-corrected chi connectivity index (χ2v) is 16.1. The zero-order valence-corrected chi connectivity index (χ0v) is 33.4. The highest BCUT2D eigenvalue weighted by molar-refractivity contribution is 5.98. The van der Waals surface area contributed by atoms with Crippen LogP contribution in [0.25, 0.3) is 0 Å². The van der Waals surface area contributed by atoms with Crippen LogP contribution in [-0.2, 0) is 46.3 Å². The third-order valence-electron chi connectivity index (χ3n) is 10.1. The summed E-state index contributed by atoms with van der Waals surface area (Å²) in [6, 6.07) is 15.4. The number of carbonyl (C=O) groups is 5. The van der Waals surface area contributed by atoms with Gasteiger partial charge >= 0.3 is 0 Å². The molecule has 0 saturated carbocycles. The van der Waals surface area contributed by atoms with Crippen LogP contribution in [0.15, 0.2) is 60.7 Å². The fraction of sp³-hybridized carbons (Fsp3) is 0.605. The summed E-state index contributed by atoms with van der Waals surface area (Å²) < 4.78 is 10.8. The van der Waals surface area contributed by atoms with Crippen LogP contribution in [-0.4, -0.2) is 104 Å². The van der Waals surface area contributed by atoms with Crippen molar-refractivity contribution >= 4 is 29.4 Å². The quantitative estimate of drug-likeness (QED) is 0.0986. The Balaban J connectivity index is 1.46. The zero-order chi connectivity index (χ0) is 39.8. The maximum Gasteiger partial charge on any atom is 0.243 e. The van der Waals surface area contributed by atoms with Gasteiger partial charge in [-0.25, -0.2) is 0 Å². The molecule has 12 nitrogen and oxygen atoms in total. The molecule has 0 spiro atoms. The minimum Gasteiger partial charge on any atom is -0.379 e. The van der Waals surface area contributed by atoms with Crippen molar-refractivity contribution < 1.29 is 33.4 Å². The van der Waals surface area contributed by atoms with Crippen LogP contribution in [0.5, 0.6) is 0 Å². The smallest absolute Gasteiger partial charge is 0.243 e. The third-order valence-corrected chi connectivity index (χ3v) is 10.1. The Hall–Kier alpha value is -4.13. The van der Waals surface area contributed by atoms with Gasteiger partial charge in [0.05, 0.1) is 25.9 Å². The number of hydrogen-bond donors (Lipinski definition) is 4. The fourth-order valence-corrected chi connectivity index (χ4v) is 6.84. The fourth-order valence-electron chi connectivity index (χ4n) is 6.84. The number of epoxide rings is 1. The van der Waals surface area contributed by atoms with E-state index in [1.807, 2.05) is 88.4 Å². The summed E-state index contributed by atoms with van der Waals surface area (Å²) in [5.41, 5.74) is 0.931. The number of rotatable bonds is 23. The number of morpholine rings is 1. The number of unbranched alkanes of at least 4 members (excludes halogenated alkanes) is 1. The number of ether oxygens (including phenoxy) is 2. The zero-order valence-electron chi connectivity index (χ0n) is 33.4. The molecule has 4 amide bonds. The maximum atomic E-state index is 14.1. The van der Waals surface area contributed by atoms with Gasteiger partial charge in [-0.15, -0.1) is 0 Å². The van der Waals surface area contributed by atoms with Crippen molar-refractivity contribution in [1.29, 1.82) is 0 Å². The van der Waals surface area contributed by atoms with Gasteiger partial charge in [-0.3, -0.25) is 28.9 Å². The van der Waals surface area contributed by atoms with Crippen molar-refractivity contribution in [2.45, 2.75) is 116 Å². The van der Waals surface area contributed by atoms with Gasteiger partial charge in [0.2, 0.25) is 23.6 Å². The van der Waals surface area contributed by atoms with E-state index >= 15 is 0 Å². The second kappa shape index (κ2) is 21.8. The second-order valence-electron chi connectivity index (χ2n) is 16.1. The van der Waals surface area contributed by atoms with Crippen molar-refractivity contribution in [2.75, 3.05) is 39.5 Å². The SMILES string of the molecule is CC(C)CC(NC(=O)[C@H](CCc1ccccc1)NC(=O)CCCCN1CCOCC1)C(=O)N[C@@H](Cc1ccccc1)C(=O)NC(CC(C)C)C(=O)[C@@]1(C)CO1. The number of hydrogen-bond acceptors (Lipinski definition) is 8. The lowest BCUT2D eigenvalue weighted by Gasteiger charge is -2.28. The van der Waals surface area contributed by atoms with Crippen molar-refractivity contribution in [3.05, 3.63) is 71.8 Å². The number of benzene rings is 2. The summed E-state index contributed by atoms with van der Waals surface area (Å²) in [6.45, 7) is 14.0. The first-order valence-electron chi connectivity index (χ1n) is 20.1. The molecular formula is C43H63N5O7. The van der Waals surface area contributed by atoms with E-state index < -0.39 is 47.5 Å². The number of Topliss-reactive ketones (excluding diaryl/α,β-unsaturated/α-hetero) is 1. The minimum absolute atomic E-state index is 0.0219. The van der Waals surface area contributed by atoms with Crippen molar-refractivity contribution in [3.63, 3.8) is 0 Å². The van der Waals surface area contributed by atoms with E-state index in [0.717, 1.165) is 50.4 Å². The lowest BCUT2D eigenvalue weighted by molar-refractivity contribution is -0.135. The Morgan fingerprint density at radius 2 is 1.22 bits per heavy atom. The molecule has 0 radical (unpaired) electrons. The number of ketones is 1. The molecule has 55 heavy (non-hydrogen) atoms. The molecule has 2 aromatic carbocycles. The highest BCUT2D eigenvalue weighted by Crippen LogP contribution is 2.29. The monoisotopic (exact) mass is 761 g/mol. The average Bonchev–Trinajstić information content (AvgIpc) is 3.92. The molecule has 2 unspecified atom stereocenters. The number of aryl methyl sites for hydroxylation is 1. The van der Waals surface area contributed by atoms with E-state index in [1.54, 1.807) is 6.92 Å². The molecule has 4 rings (SSSR count). The van der Waals surface area contributed by atoms with E-state index in [9.17, 15) is 24.0 Å². The van der Waals surface area contributed by atoms with E-state index in [1.165, 1.54) is 0 Å². The van der Waals surface area contributed by atoms with Gasteiger partial charge < -0.3 is 30.7 Å². The van der Waals surface area contributed by atoms with E-state index in [2.05, 4.69) is 26.2 Å². The number of nitrogens with zero attached hydrogens (tertiary/aromatic N) is 1. The molecule has 2 fully saturated rings. The molecule has 0 aliphatic carbocycles. The summed E-state index contributed by atoms with van der Waals surface area (Å²) >= 11 is 0. The number of carbonyl (C=O) groups excluding carboxylic acids is 5. The van der Waals surface area contributed by atoms with Crippen LogP contribution in [0.4, 0.5) is 0 Å². The molecule has 2 saturated heterocycles. The molecular weight excluding hydrogens is 699 g/mol. The number of amides is 4. The van der Waals surface area contributed by atoms with Crippen molar-refractivity contribution in [1.82, 2.24) is 26.2 Å². The predicted molar refractivity (Wildman–Crippen MR) is 212 cm³/mol. The lowest BCUT2D eigenvalue weighted by atomic mass is 9.93. The lowest BCUT2D eigenvalue weighted by Crippen LogP contribution is -2.59. The van der Waals surface area contributed by atoms with E-state index in [-0.39, 0.29) is 36.4 Å². The molecule has 2 aliphatic rings. The summed E-state index contributed by atoms with van der Waals surface area (Å²) in [5, 5.41) is 11.7. The van der Waals surface area contributed by atoms with Crippen LogP contribution in [0.3, 0.4) is 0 Å². The Morgan fingerprint density at radius 3 is 1.82 bits per heavy atom. The first-order valence-corrected chi connectivity index (χ1v) is 20.1. The topological polar surface area (TPSA) is 158 Å². The van der Waals surface area contributed by atoms with Gasteiger partial charge in [0.25, 0.3) is 0 Å². The van der Waals surface area contributed by atoms with Crippen molar-refractivity contribution in [3.8, 4) is 0 Å². The van der Waals surface area contributed by atoms with Gasteiger partial charge in [-0.1, -0.05) is 88.4 Å². The molecule has 0 bridgehead atoms. The molecule has 12 heteroatoms. The molecule has 302 valence electrons. The van der Waals surface area contributed by atoms with Gasteiger partial charge in [0, 0.05) is 25.9 Å². The summed E-state index contributed by atoms with van der Waals surface area (Å²) in [4.78, 5) is 71.0. The summed E-state index contributed by atoms with van der Waals surface area (Å²) in [7, 11) is 0. The van der Waals surface area contributed by atoms with Crippen LogP contribution in [0.1, 0.15) is 84.3 Å². The predicted octanol–water partition coefficient (Wildman–Crippen LogP) is 3.75. The maximum absolute atomic E-state index is 14.1. The van der Waals surface area contributed by atoms with Crippen LogP contribution in [0.2, 0.25) is 0 Å². The highest BCUT2D eigenvalue weighted by Gasteiger charge is 2.50. The molecule has 2 heterocycles. The third kappa shape index (κ3) is 15.1. The summed E-state index contributed by atoms with van der Waals surface area (Å²) in [6.07, 6.45) is 3.65. The Morgan fingerprint density at radius 1 is 0.691 bits per heavy atom. The Bertz CT molecular complexity index is 1530. The van der Waals surface area contributed by atoms with Gasteiger partial charge in [-0.05, 0) is 75.0 Å². The van der Waals surface area contributed by atoms with E-state index in [4.69, 9.17) is 9.47 Å². The number of nitrogens with one attached hydrogen (secondary N) is 4. The average molecular weight is 762 g/mol. The van der Waals surface area contributed by atoms with Crippen molar-refractivity contribution in [2.24, 2.45) is 11.8 Å². The highest BCUT2D eigenvalue weighted by atomic mass is 16.6. The standard InChI is InChI=1S/C43H63N5O7/c1-30(2)26-35(39(50)43(5)29-55-43)45-42(53)37(28-33-16-10-7-11-17-33)47-41(52)36(27-31(3)4)46-40(51)34(20-19-32-14-8-6-9-15-32)44-38(49)18-12-13-21-48-22-24-54-25-23-48/h6-11,14-17,30-31,34-37H,12-13,18-29H2,1-5H3,(H,44,49)(H,45,53)(H,46,51)(H,47,52)/t34-,35?,36?,37-,43+/m0/s1. The molecule has 5 atom stereocenters. The van der Waals surface area contributed by atoms with Crippen LogP contribution < -0.4 is 21.3 Å². The minimum atomic E-state index is -1.03. The molecule has 4 N–H and O–H groups in total.